The lowest BCUT2D eigenvalue weighted by molar-refractivity contribution is -0.384. The van der Waals surface area contributed by atoms with Crippen molar-refractivity contribution < 1.29 is 19.2 Å². The molecular formula is C20H19N3O5. The number of ether oxygens (including phenoxy) is 1. The summed E-state index contributed by atoms with van der Waals surface area (Å²) in [6.45, 7) is 2.58. The Labute approximate surface area is 161 Å². The molecule has 144 valence electrons. The molecule has 0 bridgehead atoms. The molecule has 8 nitrogen and oxygen atoms in total. The topological polar surface area (TPSA) is 102 Å². The molecule has 1 N–H and O–H groups in total. The van der Waals surface area contributed by atoms with E-state index in [9.17, 15) is 19.7 Å². The van der Waals surface area contributed by atoms with Gasteiger partial charge in [0.25, 0.3) is 11.6 Å². The fourth-order valence-corrected chi connectivity index (χ4v) is 2.81. The maximum absolute atomic E-state index is 12.1. The fourth-order valence-electron chi connectivity index (χ4n) is 2.81. The van der Waals surface area contributed by atoms with Gasteiger partial charge >= 0.3 is 0 Å². The SMILES string of the molecule is CCCN1C(=O)COc2cc(NC(=O)/C=C/c3ccc([N+](=O)[O-])cc3)ccc21. The minimum Gasteiger partial charge on any atom is -0.481 e. The Morgan fingerprint density at radius 1 is 1.29 bits per heavy atom. The van der Waals surface area contributed by atoms with Crippen LogP contribution in [-0.4, -0.2) is 29.9 Å². The normalized spacial score (nSPS) is 13.2. The molecule has 1 aliphatic heterocycles. The van der Waals surface area contributed by atoms with E-state index in [1.165, 1.54) is 18.2 Å². The van der Waals surface area contributed by atoms with Crippen molar-refractivity contribution >= 4 is 35.0 Å². The molecule has 1 aliphatic rings. The van der Waals surface area contributed by atoms with Gasteiger partial charge < -0.3 is 15.0 Å². The van der Waals surface area contributed by atoms with Crippen molar-refractivity contribution in [3.63, 3.8) is 0 Å². The number of carbonyl (C=O) groups is 2. The minimum absolute atomic E-state index is 0.00809. The molecule has 28 heavy (non-hydrogen) atoms. The second-order valence-corrected chi connectivity index (χ2v) is 6.19. The number of non-ortho nitro benzene ring substituents is 1. The first-order chi connectivity index (χ1) is 13.5. The van der Waals surface area contributed by atoms with Gasteiger partial charge in [-0.05, 0) is 42.3 Å². The molecule has 0 aliphatic carbocycles. The zero-order valence-electron chi connectivity index (χ0n) is 15.3. The minimum atomic E-state index is -0.479. The molecule has 1 heterocycles. The van der Waals surface area contributed by atoms with Crippen LogP contribution in [0.2, 0.25) is 0 Å². The van der Waals surface area contributed by atoms with Crippen LogP contribution >= 0.6 is 0 Å². The van der Waals surface area contributed by atoms with Crippen LogP contribution in [0.5, 0.6) is 5.75 Å². The Bertz CT molecular complexity index is 937. The van der Waals surface area contributed by atoms with Gasteiger partial charge in [-0.25, -0.2) is 0 Å². The van der Waals surface area contributed by atoms with Gasteiger partial charge in [0, 0.05) is 36.5 Å². The van der Waals surface area contributed by atoms with Crippen molar-refractivity contribution in [1.29, 1.82) is 0 Å². The predicted molar refractivity (Wildman–Crippen MR) is 105 cm³/mol. The Morgan fingerprint density at radius 2 is 2.04 bits per heavy atom. The van der Waals surface area contributed by atoms with Crippen LogP contribution in [-0.2, 0) is 9.59 Å². The van der Waals surface area contributed by atoms with Crippen LogP contribution in [0.25, 0.3) is 6.08 Å². The lowest BCUT2D eigenvalue weighted by Gasteiger charge is -2.29. The van der Waals surface area contributed by atoms with Crippen LogP contribution in [0, 0.1) is 10.1 Å². The van der Waals surface area contributed by atoms with E-state index >= 15 is 0 Å². The number of anilines is 2. The second-order valence-electron chi connectivity index (χ2n) is 6.19. The Hall–Kier alpha value is -3.68. The maximum atomic E-state index is 12.1. The number of hydrogen-bond acceptors (Lipinski definition) is 5. The van der Waals surface area contributed by atoms with Crippen LogP contribution in [0.1, 0.15) is 18.9 Å². The number of rotatable bonds is 6. The van der Waals surface area contributed by atoms with E-state index in [-0.39, 0.29) is 24.1 Å². The molecule has 0 saturated heterocycles. The molecule has 8 heteroatoms. The van der Waals surface area contributed by atoms with Crippen molar-refractivity contribution in [1.82, 2.24) is 0 Å². The van der Waals surface area contributed by atoms with Gasteiger partial charge in [-0.2, -0.15) is 0 Å². The summed E-state index contributed by atoms with van der Waals surface area (Å²) >= 11 is 0. The molecule has 0 radical (unpaired) electrons. The van der Waals surface area contributed by atoms with Crippen LogP contribution in [0.3, 0.4) is 0 Å². The average molecular weight is 381 g/mol. The van der Waals surface area contributed by atoms with Crippen molar-refractivity contribution in [3.8, 4) is 5.75 Å². The van der Waals surface area contributed by atoms with Crippen LogP contribution in [0.4, 0.5) is 17.1 Å². The van der Waals surface area contributed by atoms with E-state index in [2.05, 4.69) is 5.32 Å². The zero-order valence-corrected chi connectivity index (χ0v) is 15.3. The molecule has 0 fully saturated rings. The summed E-state index contributed by atoms with van der Waals surface area (Å²) in [5, 5.41) is 13.4. The number of carbonyl (C=O) groups excluding carboxylic acids is 2. The summed E-state index contributed by atoms with van der Waals surface area (Å²) in [5.41, 5.74) is 1.90. The first-order valence-corrected chi connectivity index (χ1v) is 8.78. The third-order valence-corrected chi connectivity index (χ3v) is 4.15. The average Bonchev–Trinajstić information content (AvgIpc) is 2.69. The first-order valence-electron chi connectivity index (χ1n) is 8.78. The van der Waals surface area contributed by atoms with Crippen molar-refractivity contribution in [2.75, 3.05) is 23.4 Å². The number of nitro benzene ring substituents is 1. The first kappa shape index (κ1) is 19.1. The molecular weight excluding hydrogens is 362 g/mol. The van der Waals surface area contributed by atoms with Crippen molar-refractivity contribution in [3.05, 3.63) is 64.2 Å². The number of nitro groups is 1. The maximum Gasteiger partial charge on any atom is 0.269 e. The lowest BCUT2D eigenvalue weighted by Crippen LogP contribution is -2.39. The van der Waals surface area contributed by atoms with Crippen LogP contribution < -0.4 is 15.0 Å². The van der Waals surface area contributed by atoms with E-state index in [1.807, 2.05) is 6.92 Å². The lowest BCUT2D eigenvalue weighted by atomic mass is 10.2. The third kappa shape index (κ3) is 4.35. The predicted octanol–water partition coefficient (Wildman–Crippen LogP) is 3.38. The highest BCUT2D eigenvalue weighted by Gasteiger charge is 2.24. The van der Waals surface area contributed by atoms with Crippen molar-refractivity contribution in [2.45, 2.75) is 13.3 Å². The molecule has 2 aromatic carbocycles. The van der Waals surface area contributed by atoms with E-state index < -0.39 is 4.92 Å². The highest BCUT2D eigenvalue weighted by molar-refractivity contribution is 6.03. The summed E-state index contributed by atoms with van der Waals surface area (Å²) in [5.74, 6) is 0.109. The van der Waals surface area contributed by atoms with Gasteiger partial charge in [-0.1, -0.05) is 6.92 Å². The number of hydrogen-bond donors (Lipinski definition) is 1. The Kier molecular flexibility index (Phi) is 5.69. The highest BCUT2D eigenvalue weighted by Crippen LogP contribution is 2.34. The number of benzene rings is 2. The molecule has 3 rings (SSSR count). The number of nitrogens with one attached hydrogen (secondary N) is 1. The van der Waals surface area contributed by atoms with Gasteiger partial charge in [0.1, 0.15) is 5.75 Å². The van der Waals surface area contributed by atoms with E-state index in [4.69, 9.17) is 4.74 Å². The standard InChI is InChI=1S/C20H19N3O5/c1-2-11-22-17-9-6-15(12-18(17)28-13-20(22)25)21-19(24)10-5-14-3-7-16(8-4-14)23(26)27/h3-10,12H,2,11,13H2,1H3,(H,21,24)/b10-5+. The van der Waals surface area contributed by atoms with Gasteiger partial charge in [-0.15, -0.1) is 0 Å². The fraction of sp³-hybridized carbons (Fsp3) is 0.200. The Balaban J connectivity index is 1.67. The van der Waals surface area contributed by atoms with E-state index in [0.717, 1.165) is 6.42 Å². The number of fused-ring (bicyclic) bond motifs is 1. The summed E-state index contributed by atoms with van der Waals surface area (Å²) in [6.07, 6.45) is 3.74. The molecule has 0 spiro atoms. The smallest absolute Gasteiger partial charge is 0.269 e. The highest BCUT2D eigenvalue weighted by atomic mass is 16.6. The molecule has 0 saturated carbocycles. The van der Waals surface area contributed by atoms with Crippen LogP contribution in [0.15, 0.2) is 48.5 Å². The summed E-state index contributed by atoms with van der Waals surface area (Å²) in [4.78, 5) is 36.0. The molecule has 0 unspecified atom stereocenters. The summed E-state index contributed by atoms with van der Waals surface area (Å²) < 4.78 is 5.48. The van der Waals surface area contributed by atoms with Gasteiger partial charge in [0.2, 0.25) is 5.91 Å². The summed E-state index contributed by atoms with van der Waals surface area (Å²) in [6, 6.07) is 11.0. The molecule has 0 atom stereocenters. The number of amides is 2. The monoisotopic (exact) mass is 381 g/mol. The third-order valence-electron chi connectivity index (χ3n) is 4.15. The van der Waals surface area contributed by atoms with Gasteiger partial charge in [0.05, 0.1) is 10.6 Å². The Morgan fingerprint density at radius 3 is 2.71 bits per heavy atom. The quantitative estimate of drug-likeness (QED) is 0.469. The summed E-state index contributed by atoms with van der Waals surface area (Å²) in [7, 11) is 0. The largest absolute Gasteiger partial charge is 0.481 e. The van der Waals surface area contributed by atoms with Gasteiger partial charge in [-0.3, -0.25) is 19.7 Å². The molecule has 2 aromatic rings. The zero-order chi connectivity index (χ0) is 20.1. The van der Waals surface area contributed by atoms with Gasteiger partial charge in [0.15, 0.2) is 6.61 Å². The van der Waals surface area contributed by atoms with E-state index in [0.29, 0.717) is 29.2 Å². The number of nitrogens with zero attached hydrogens (tertiary/aromatic N) is 2. The van der Waals surface area contributed by atoms with Crippen molar-refractivity contribution in [2.24, 2.45) is 0 Å². The second kappa shape index (κ2) is 8.34. The molecule has 2 amide bonds. The molecule has 0 aromatic heterocycles. The van der Waals surface area contributed by atoms with E-state index in [1.54, 1.807) is 41.3 Å².